The molecule has 2 heterocycles. The summed E-state index contributed by atoms with van der Waals surface area (Å²) in [4.78, 5) is 16.6. The second-order valence-corrected chi connectivity index (χ2v) is 5.72. The lowest BCUT2D eigenvalue weighted by Crippen LogP contribution is -2.16. The van der Waals surface area contributed by atoms with E-state index in [9.17, 15) is 4.79 Å². The standard InChI is InChI=1S/C12H9Br2N5O/c1-19-7-5-3-2-4-6(7)15-12(19)16-11(20)9-8(13)10(14)18-17-9/h2-5H,1H3,(H,17,18)(H,15,16,20). The molecule has 0 unspecified atom stereocenters. The first kappa shape index (κ1) is 13.3. The van der Waals surface area contributed by atoms with Crippen molar-refractivity contribution in [1.29, 1.82) is 0 Å². The number of fused-ring (bicyclic) bond motifs is 1. The summed E-state index contributed by atoms with van der Waals surface area (Å²) in [5.41, 5.74) is 2.04. The molecule has 1 amide bonds. The molecule has 0 fully saturated rings. The van der Waals surface area contributed by atoms with Crippen molar-refractivity contribution in [3.05, 3.63) is 39.0 Å². The van der Waals surface area contributed by atoms with Crippen molar-refractivity contribution in [3.8, 4) is 0 Å². The zero-order valence-corrected chi connectivity index (χ0v) is 13.5. The average molecular weight is 399 g/mol. The van der Waals surface area contributed by atoms with Gasteiger partial charge in [-0.1, -0.05) is 12.1 Å². The third-order valence-electron chi connectivity index (χ3n) is 2.89. The number of H-pyrrole nitrogens is 1. The van der Waals surface area contributed by atoms with E-state index in [4.69, 9.17) is 0 Å². The summed E-state index contributed by atoms with van der Waals surface area (Å²) in [6.45, 7) is 0. The summed E-state index contributed by atoms with van der Waals surface area (Å²) >= 11 is 6.54. The monoisotopic (exact) mass is 397 g/mol. The highest BCUT2D eigenvalue weighted by molar-refractivity contribution is 9.13. The zero-order valence-electron chi connectivity index (χ0n) is 10.3. The van der Waals surface area contributed by atoms with Gasteiger partial charge in [-0.05, 0) is 44.0 Å². The van der Waals surface area contributed by atoms with E-state index in [1.165, 1.54) is 0 Å². The number of carbonyl (C=O) groups is 1. The minimum atomic E-state index is -0.336. The zero-order chi connectivity index (χ0) is 14.3. The summed E-state index contributed by atoms with van der Waals surface area (Å²) in [5.74, 6) is 0.138. The third-order valence-corrected chi connectivity index (χ3v) is 4.77. The van der Waals surface area contributed by atoms with Gasteiger partial charge >= 0.3 is 0 Å². The number of benzene rings is 1. The van der Waals surface area contributed by atoms with Crippen LogP contribution in [0.25, 0.3) is 11.0 Å². The number of nitrogens with zero attached hydrogens (tertiary/aromatic N) is 3. The maximum atomic E-state index is 12.2. The fraction of sp³-hybridized carbons (Fsp3) is 0.0833. The normalized spacial score (nSPS) is 10.9. The Balaban J connectivity index is 1.95. The molecule has 0 aliphatic rings. The topological polar surface area (TPSA) is 75.6 Å². The Morgan fingerprint density at radius 1 is 1.35 bits per heavy atom. The van der Waals surface area contributed by atoms with Crippen LogP contribution in [-0.2, 0) is 7.05 Å². The summed E-state index contributed by atoms with van der Waals surface area (Å²) in [7, 11) is 1.85. The number of para-hydroxylation sites is 2. The Labute approximate surface area is 130 Å². The summed E-state index contributed by atoms with van der Waals surface area (Å²) in [6.07, 6.45) is 0. The minimum absolute atomic E-state index is 0.268. The lowest BCUT2D eigenvalue weighted by atomic mass is 10.3. The van der Waals surface area contributed by atoms with Crippen LogP contribution in [0.5, 0.6) is 0 Å². The van der Waals surface area contributed by atoms with Crippen molar-refractivity contribution in [3.63, 3.8) is 0 Å². The number of hydrogen-bond acceptors (Lipinski definition) is 3. The molecule has 0 bridgehead atoms. The first-order valence-electron chi connectivity index (χ1n) is 5.70. The molecule has 20 heavy (non-hydrogen) atoms. The first-order chi connectivity index (χ1) is 9.58. The Morgan fingerprint density at radius 2 is 2.10 bits per heavy atom. The fourth-order valence-corrected chi connectivity index (χ4v) is 2.51. The van der Waals surface area contributed by atoms with Gasteiger partial charge in [-0.3, -0.25) is 15.2 Å². The number of anilines is 1. The van der Waals surface area contributed by atoms with Crippen LogP contribution >= 0.6 is 31.9 Å². The number of carbonyl (C=O) groups excluding carboxylic acids is 1. The van der Waals surface area contributed by atoms with Gasteiger partial charge in [-0.25, -0.2) is 4.98 Å². The van der Waals surface area contributed by atoms with E-state index in [1.54, 1.807) is 0 Å². The molecule has 102 valence electrons. The summed E-state index contributed by atoms with van der Waals surface area (Å²) in [5, 5.41) is 9.35. The summed E-state index contributed by atoms with van der Waals surface area (Å²) < 4.78 is 3.02. The van der Waals surface area contributed by atoms with Crippen molar-refractivity contribution in [1.82, 2.24) is 19.7 Å². The molecule has 3 rings (SSSR count). The maximum absolute atomic E-state index is 12.2. The number of aryl methyl sites for hydroxylation is 1. The van der Waals surface area contributed by atoms with Gasteiger partial charge in [0.25, 0.3) is 5.91 Å². The van der Waals surface area contributed by atoms with Gasteiger partial charge in [-0.2, -0.15) is 5.10 Å². The molecular weight excluding hydrogens is 390 g/mol. The SMILES string of the molecule is Cn1c(NC(=O)c2n[nH]c(Br)c2Br)nc2ccccc21. The number of nitrogens with one attached hydrogen (secondary N) is 2. The average Bonchev–Trinajstić information content (AvgIpc) is 2.93. The van der Waals surface area contributed by atoms with E-state index in [0.29, 0.717) is 15.0 Å². The number of halogens is 2. The number of rotatable bonds is 2. The molecule has 3 aromatic rings. The van der Waals surface area contributed by atoms with Crippen LogP contribution in [0, 0.1) is 0 Å². The van der Waals surface area contributed by atoms with Crippen molar-refractivity contribution < 1.29 is 4.79 Å². The lowest BCUT2D eigenvalue weighted by molar-refractivity contribution is 0.102. The van der Waals surface area contributed by atoms with Gasteiger partial charge in [-0.15, -0.1) is 0 Å². The molecule has 1 aromatic carbocycles. The van der Waals surface area contributed by atoms with E-state index in [1.807, 2.05) is 35.9 Å². The molecule has 0 aliphatic heterocycles. The highest BCUT2D eigenvalue weighted by Crippen LogP contribution is 2.25. The van der Waals surface area contributed by atoms with Crippen LogP contribution in [0.3, 0.4) is 0 Å². The van der Waals surface area contributed by atoms with E-state index >= 15 is 0 Å². The van der Waals surface area contributed by atoms with E-state index < -0.39 is 0 Å². The van der Waals surface area contributed by atoms with Gasteiger partial charge in [0, 0.05) is 7.05 Å². The Bertz CT molecular complexity index is 807. The van der Waals surface area contributed by atoms with Gasteiger partial charge in [0.05, 0.1) is 15.5 Å². The molecule has 0 radical (unpaired) electrons. The fourth-order valence-electron chi connectivity index (χ4n) is 1.88. The van der Waals surface area contributed by atoms with E-state index in [2.05, 4.69) is 52.4 Å². The van der Waals surface area contributed by atoms with Crippen LogP contribution in [0.1, 0.15) is 10.5 Å². The van der Waals surface area contributed by atoms with E-state index in [0.717, 1.165) is 11.0 Å². The molecule has 0 saturated carbocycles. The van der Waals surface area contributed by atoms with Crippen LogP contribution in [0.2, 0.25) is 0 Å². The van der Waals surface area contributed by atoms with Gasteiger partial charge in [0.1, 0.15) is 4.60 Å². The van der Waals surface area contributed by atoms with Crippen LogP contribution in [-0.4, -0.2) is 25.7 Å². The largest absolute Gasteiger partial charge is 0.313 e. The molecule has 2 aromatic heterocycles. The van der Waals surface area contributed by atoms with Crippen LogP contribution in [0.15, 0.2) is 33.3 Å². The number of aromatic nitrogens is 4. The Hall–Kier alpha value is -1.67. The molecule has 0 aliphatic carbocycles. The minimum Gasteiger partial charge on any atom is -0.313 e. The highest BCUT2D eigenvalue weighted by Gasteiger charge is 2.18. The molecule has 8 heteroatoms. The van der Waals surface area contributed by atoms with Crippen LogP contribution < -0.4 is 5.32 Å². The quantitative estimate of drug-likeness (QED) is 0.696. The molecule has 2 N–H and O–H groups in total. The van der Waals surface area contributed by atoms with Gasteiger partial charge < -0.3 is 4.57 Å². The second-order valence-electron chi connectivity index (χ2n) is 4.14. The molecule has 6 nitrogen and oxygen atoms in total. The van der Waals surface area contributed by atoms with Crippen molar-refractivity contribution in [2.24, 2.45) is 7.05 Å². The number of aromatic amines is 1. The number of imidazole rings is 1. The number of hydrogen-bond donors (Lipinski definition) is 2. The van der Waals surface area contributed by atoms with Crippen molar-refractivity contribution in [2.75, 3.05) is 5.32 Å². The molecule has 0 spiro atoms. The lowest BCUT2D eigenvalue weighted by Gasteiger charge is -2.03. The Kier molecular flexibility index (Phi) is 3.35. The molecule has 0 saturated heterocycles. The molecule has 0 atom stereocenters. The number of amides is 1. The maximum Gasteiger partial charge on any atom is 0.279 e. The third kappa shape index (κ3) is 2.14. The first-order valence-corrected chi connectivity index (χ1v) is 7.28. The predicted molar refractivity (Wildman–Crippen MR) is 82.7 cm³/mol. The van der Waals surface area contributed by atoms with Gasteiger partial charge in [0.15, 0.2) is 5.69 Å². The summed E-state index contributed by atoms with van der Waals surface area (Å²) in [6, 6.07) is 7.67. The van der Waals surface area contributed by atoms with Crippen molar-refractivity contribution in [2.45, 2.75) is 0 Å². The Morgan fingerprint density at radius 3 is 2.75 bits per heavy atom. The van der Waals surface area contributed by atoms with Gasteiger partial charge in [0.2, 0.25) is 5.95 Å². The smallest absolute Gasteiger partial charge is 0.279 e. The van der Waals surface area contributed by atoms with Crippen LogP contribution in [0.4, 0.5) is 5.95 Å². The van der Waals surface area contributed by atoms with E-state index in [-0.39, 0.29) is 11.6 Å². The highest BCUT2D eigenvalue weighted by atomic mass is 79.9. The second kappa shape index (κ2) is 5.02. The van der Waals surface area contributed by atoms with Crippen molar-refractivity contribution >= 4 is 54.7 Å². The molecular formula is C12H9Br2N5O. The predicted octanol–water partition coefficient (Wildman–Crippen LogP) is 3.07.